The van der Waals surface area contributed by atoms with Gasteiger partial charge in [-0.25, -0.2) is 19.4 Å². The number of rotatable bonds is 3. The number of hydrogen-bond donors (Lipinski definition) is 1. The lowest BCUT2D eigenvalue weighted by atomic mass is 10.3. The van der Waals surface area contributed by atoms with Crippen molar-refractivity contribution in [2.45, 2.75) is 13.8 Å². The second-order valence-electron chi connectivity index (χ2n) is 4.51. The standard InChI is InChI=1S/C15H15BrFN5O/c1-9(18-3)20-10(2)21-14-15(22-13(16)8-19-14)23-12-6-4-11(17)5-7-12/h4-8H,1-3H3,(H,18,19,20,21). The molecule has 0 aliphatic heterocycles. The van der Waals surface area contributed by atoms with Gasteiger partial charge >= 0.3 is 0 Å². The quantitative estimate of drug-likeness (QED) is 0.649. The highest BCUT2D eigenvalue weighted by molar-refractivity contribution is 9.10. The second kappa shape index (κ2) is 7.77. The molecular formula is C15H15BrFN5O. The molecule has 0 radical (unpaired) electrons. The first-order valence-electron chi connectivity index (χ1n) is 6.69. The largest absolute Gasteiger partial charge is 0.436 e. The molecule has 0 fully saturated rings. The first-order valence-corrected chi connectivity index (χ1v) is 7.49. The van der Waals surface area contributed by atoms with Crippen LogP contribution in [0.5, 0.6) is 11.6 Å². The van der Waals surface area contributed by atoms with Gasteiger partial charge in [-0.2, -0.15) is 0 Å². The molecule has 120 valence electrons. The highest BCUT2D eigenvalue weighted by Gasteiger charge is 2.10. The predicted octanol–water partition coefficient (Wildman–Crippen LogP) is 3.86. The van der Waals surface area contributed by atoms with Crippen molar-refractivity contribution in [2.24, 2.45) is 9.98 Å². The number of nitrogens with zero attached hydrogens (tertiary/aromatic N) is 4. The van der Waals surface area contributed by atoms with E-state index in [1.165, 1.54) is 30.5 Å². The number of benzene rings is 1. The van der Waals surface area contributed by atoms with Crippen LogP contribution < -0.4 is 10.1 Å². The Labute approximate surface area is 141 Å². The fourth-order valence-corrected chi connectivity index (χ4v) is 1.87. The summed E-state index contributed by atoms with van der Waals surface area (Å²) in [6.45, 7) is 3.60. The Hall–Kier alpha value is -2.35. The van der Waals surface area contributed by atoms with Crippen molar-refractivity contribution in [3.8, 4) is 11.6 Å². The van der Waals surface area contributed by atoms with Gasteiger partial charge in [-0.15, -0.1) is 0 Å². The Balaban J connectivity index is 2.30. The van der Waals surface area contributed by atoms with Gasteiger partial charge in [0.25, 0.3) is 5.88 Å². The van der Waals surface area contributed by atoms with Crippen molar-refractivity contribution < 1.29 is 9.13 Å². The van der Waals surface area contributed by atoms with Crippen LogP contribution in [-0.2, 0) is 0 Å². The molecule has 23 heavy (non-hydrogen) atoms. The third-order valence-corrected chi connectivity index (χ3v) is 3.07. The van der Waals surface area contributed by atoms with Gasteiger partial charge in [0.05, 0.1) is 12.0 Å². The van der Waals surface area contributed by atoms with Gasteiger partial charge in [-0.05, 0) is 54.0 Å². The van der Waals surface area contributed by atoms with Crippen LogP contribution in [0.4, 0.5) is 10.2 Å². The smallest absolute Gasteiger partial charge is 0.266 e. The summed E-state index contributed by atoms with van der Waals surface area (Å²) in [7, 11) is 1.68. The van der Waals surface area contributed by atoms with Crippen LogP contribution in [0.2, 0.25) is 0 Å². The van der Waals surface area contributed by atoms with Gasteiger partial charge in [-0.3, -0.25) is 4.99 Å². The van der Waals surface area contributed by atoms with E-state index in [4.69, 9.17) is 4.74 Å². The average molecular weight is 380 g/mol. The van der Waals surface area contributed by atoms with Crippen molar-refractivity contribution in [1.82, 2.24) is 15.3 Å². The molecule has 1 aromatic carbocycles. The van der Waals surface area contributed by atoms with Crippen LogP contribution in [0.1, 0.15) is 13.8 Å². The highest BCUT2D eigenvalue weighted by Crippen LogP contribution is 2.29. The summed E-state index contributed by atoms with van der Waals surface area (Å²) in [6.07, 6.45) is 1.52. The SMILES string of the molecule is CN=C(C)NC(C)=Nc1ncc(Br)nc1Oc1ccc(F)cc1. The number of halogens is 2. The van der Waals surface area contributed by atoms with Crippen LogP contribution in [0.15, 0.2) is 45.1 Å². The Bertz CT molecular complexity index is 746. The minimum absolute atomic E-state index is 0.207. The van der Waals surface area contributed by atoms with E-state index in [9.17, 15) is 4.39 Å². The van der Waals surface area contributed by atoms with E-state index in [0.29, 0.717) is 22.0 Å². The van der Waals surface area contributed by atoms with E-state index in [-0.39, 0.29) is 11.7 Å². The van der Waals surface area contributed by atoms with Crippen LogP contribution in [0.3, 0.4) is 0 Å². The minimum atomic E-state index is -0.342. The summed E-state index contributed by atoms with van der Waals surface area (Å²) in [5.74, 6) is 1.91. The third kappa shape index (κ3) is 5.10. The zero-order valence-electron chi connectivity index (χ0n) is 12.8. The highest BCUT2D eigenvalue weighted by atomic mass is 79.9. The fourth-order valence-electron chi connectivity index (χ4n) is 1.61. The van der Waals surface area contributed by atoms with Crippen LogP contribution >= 0.6 is 15.9 Å². The number of nitrogens with one attached hydrogen (secondary N) is 1. The molecule has 1 N–H and O–H groups in total. The summed E-state index contributed by atoms with van der Waals surface area (Å²) < 4.78 is 19.1. The maximum absolute atomic E-state index is 13.0. The molecule has 0 atom stereocenters. The summed E-state index contributed by atoms with van der Waals surface area (Å²) in [5, 5.41) is 3.01. The topological polar surface area (TPSA) is 71.8 Å². The Morgan fingerprint density at radius 2 is 1.91 bits per heavy atom. The van der Waals surface area contributed by atoms with E-state index in [1.807, 2.05) is 6.92 Å². The molecule has 0 saturated carbocycles. The second-order valence-corrected chi connectivity index (χ2v) is 5.32. The monoisotopic (exact) mass is 379 g/mol. The predicted molar refractivity (Wildman–Crippen MR) is 91.1 cm³/mol. The molecule has 2 aromatic rings. The molecule has 1 heterocycles. The number of aromatic nitrogens is 2. The molecule has 0 aliphatic carbocycles. The molecule has 0 unspecified atom stereocenters. The van der Waals surface area contributed by atoms with Crippen LogP contribution in [0.25, 0.3) is 0 Å². The number of amidine groups is 2. The van der Waals surface area contributed by atoms with Crippen LogP contribution in [0, 0.1) is 5.82 Å². The first-order chi connectivity index (χ1) is 11.0. The van der Waals surface area contributed by atoms with E-state index < -0.39 is 0 Å². The number of aliphatic imine (C=N–C) groups is 2. The van der Waals surface area contributed by atoms with Crippen molar-refractivity contribution in [2.75, 3.05) is 7.05 Å². The summed E-state index contributed by atoms with van der Waals surface area (Å²) >= 11 is 3.24. The number of hydrogen-bond acceptors (Lipinski definition) is 5. The average Bonchev–Trinajstić information content (AvgIpc) is 2.52. The van der Waals surface area contributed by atoms with Gasteiger partial charge in [0.1, 0.15) is 22.0 Å². The molecule has 0 bridgehead atoms. The summed E-state index contributed by atoms with van der Waals surface area (Å²) in [5.41, 5.74) is 0. The zero-order chi connectivity index (χ0) is 16.8. The van der Waals surface area contributed by atoms with E-state index in [0.717, 1.165) is 5.84 Å². The van der Waals surface area contributed by atoms with Crippen molar-refractivity contribution >= 4 is 33.4 Å². The Morgan fingerprint density at radius 3 is 2.57 bits per heavy atom. The molecule has 1 aromatic heterocycles. The maximum atomic E-state index is 13.0. The summed E-state index contributed by atoms with van der Waals surface area (Å²) in [6, 6.07) is 5.62. The van der Waals surface area contributed by atoms with Crippen molar-refractivity contribution in [3.05, 3.63) is 40.9 Å². The Morgan fingerprint density at radius 1 is 1.22 bits per heavy atom. The van der Waals surface area contributed by atoms with Gasteiger partial charge in [0, 0.05) is 7.05 Å². The normalized spacial score (nSPS) is 12.2. The van der Waals surface area contributed by atoms with Gasteiger partial charge in [0.15, 0.2) is 0 Å². The van der Waals surface area contributed by atoms with E-state index >= 15 is 0 Å². The minimum Gasteiger partial charge on any atom is -0.436 e. The van der Waals surface area contributed by atoms with Crippen molar-refractivity contribution in [1.29, 1.82) is 0 Å². The maximum Gasteiger partial charge on any atom is 0.266 e. The lowest BCUT2D eigenvalue weighted by Gasteiger charge is -2.08. The lowest BCUT2D eigenvalue weighted by Crippen LogP contribution is -2.25. The molecule has 0 amide bonds. The van der Waals surface area contributed by atoms with E-state index in [2.05, 4.69) is 41.2 Å². The van der Waals surface area contributed by atoms with Gasteiger partial charge in [0.2, 0.25) is 5.82 Å². The first kappa shape index (κ1) is 17.0. The molecule has 0 spiro atoms. The molecule has 0 aliphatic rings. The molecular weight excluding hydrogens is 365 g/mol. The summed E-state index contributed by atoms with van der Waals surface area (Å²) in [4.78, 5) is 16.7. The molecule has 2 rings (SSSR count). The molecule has 6 nitrogen and oxygen atoms in total. The fraction of sp³-hybridized carbons (Fsp3) is 0.200. The molecule has 8 heteroatoms. The lowest BCUT2D eigenvalue weighted by molar-refractivity contribution is 0.459. The van der Waals surface area contributed by atoms with Crippen LogP contribution in [-0.4, -0.2) is 28.7 Å². The third-order valence-electron chi connectivity index (χ3n) is 2.69. The Kier molecular flexibility index (Phi) is 5.75. The zero-order valence-corrected chi connectivity index (χ0v) is 14.4. The molecule has 0 saturated heterocycles. The van der Waals surface area contributed by atoms with Gasteiger partial charge in [-0.1, -0.05) is 0 Å². The van der Waals surface area contributed by atoms with Crippen molar-refractivity contribution in [3.63, 3.8) is 0 Å². The van der Waals surface area contributed by atoms with E-state index in [1.54, 1.807) is 14.0 Å². The van der Waals surface area contributed by atoms with Gasteiger partial charge < -0.3 is 10.1 Å². The number of ether oxygens (including phenoxy) is 1.